The van der Waals surface area contributed by atoms with Crippen LogP contribution in [0.3, 0.4) is 0 Å². The molecule has 2 aliphatic heterocycles. The fourth-order valence-corrected chi connectivity index (χ4v) is 4.25. The number of rotatable bonds is 8. The van der Waals surface area contributed by atoms with E-state index in [4.69, 9.17) is 16.4 Å². The van der Waals surface area contributed by atoms with Gasteiger partial charge in [0.15, 0.2) is 0 Å². The van der Waals surface area contributed by atoms with Crippen LogP contribution in [0.2, 0.25) is 0 Å². The van der Waals surface area contributed by atoms with Crippen LogP contribution in [0.5, 0.6) is 0 Å². The van der Waals surface area contributed by atoms with Crippen molar-refractivity contribution in [2.45, 2.75) is 43.0 Å². The number of thioether (sulfide) groups is 1. The zero-order valence-corrected chi connectivity index (χ0v) is 12.7. The number of nitrogens with zero attached hydrogens (tertiary/aromatic N) is 1. The van der Waals surface area contributed by atoms with E-state index in [0.717, 1.165) is 25.0 Å². The summed E-state index contributed by atoms with van der Waals surface area (Å²) in [6.07, 6.45) is 3.00. The molecule has 0 aliphatic carbocycles. The zero-order chi connectivity index (χ0) is 15.2. The Morgan fingerprint density at radius 3 is 3.10 bits per heavy atom. The van der Waals surface area contributed by atoms with E-state index in [2.05, 4.69) is 10.8 Å². The first kappa shape index (κ1) is 16.3. The molecule has 120 valence electrons. The summed E-state index contributed by atoms with van der Waals surface area (Å²) < 4.78 is 0. The largest absolute Gasteiger partial charge is 0.371 e. The number of hydrazine groups is 1. The number of nitrogens with one attached hydrogen (secondary N) is 2. The normalized spacial score (nSPS) is 27.6. The average molecular weight is 317 g/mol. The lowest BCUT2D eigenvalue weighted by Crippen LogP contribution is -2.45. The predicted octanol–water partition coefficient (Wildman–Crippen LogP) is -0.695. The Labute approximate surface area is 128 Å². The number of nitrogens with two attached hydrogens (primary N) is 2. The predicted molar refractivity (Wildman–Crippen MR) is 80.0 cm³/mol. The van der Waals surface area contributed by atoms with Crippen LogP contribution in [0.15, 0.2) is 0 Å². The van der Waals surface area contributed by atoms with E-state index in [9.17, 15) is 9.59 Å². The summed E-state index contributed by atoms with van der Waals surface area (Å²) in [7, 11) is 0. The highest BCUT2D eigenvalue weighted by Gasteiger charge is 2.47. The maximum atomic E-state index is 11.5. The molecule has 3 atom stereocenters. The molecule has 0 aromatic carbocycles. The van der Waals surface area contributed by atoms with E-state index in [0.29, 0.717) is 24.8 Å². The van der Waals surface area contributed by atoms with Crippen LogP contribution in [-0.2, 0) is 9.63 Å². The Bertz CT molecular complexity index is 384. The molecule has 8 nitrogen and oxygen atoms in total. The molecule has 2 saturated heterocycles. The molecule has 9 heteroatoms. The highest BCUT2D eigenvalue weighted by Crippen LogP contribution is 2.36. The van der Waals surface area contributed by atoms with E-state index in [1.807, 2.05) is 11.8 Å². The van der Waals surface area contributed by atoms with E-state index in [1.54, 1.807) is 0 Å². The van der Waals surface area contributed by atoms with Crippen molar-refractivity contribution in [3.63, 3.8) is 0 Å². The minimum absolute atomic E-state index is 0.0701. The maximum absolute atomic E-state index is 11.5. The summed E-state index contributed by atoms with van der Waals surface area (Å²) >= 11 is 1.84. The first-order chi connectivity index (χ1) is 10.1. The standard InChI is InChI=1S/C12H23N5O3S/c13-5-6-15-20-10(18)4-2-1-3-9-11-8(7-21-9)16-12(19)17(11)14/h8-9,11,15H,1-7,13-14H2,(H,16,19)/t8-,9-,11-/m1/s1. The molecule has 2 fully saturated rings. The average Bonchev–Trinajstić information content (AvgIpc) is 2.97. The van der Waals surface area contributed by atoms with Crippen LogP contribution < -0.4 is 22.4 Å². The summed E-state index contributed by atoms with van der Waals surface area (Å²) in [6, 6.07) is 0.0356. The summed E-state index contributed by atoms with van der Waals surface area (Å²) in [5.41, 5.74) is 7.78. The minimum Gasteiger partial charge on any atom is -0.371 e. The molecule has 2 heterocycles. The molecular formula is C12H23N5O3S. The Morgan fingerprint density at radius 2 is 2.33 bits per heavy atom. The van der Waals surface area contributed by atoms with Gasteiger partial charge in [0, 0.05) is 30.5 Å². The number of unbranched alkanes of at least 4 members (excludes halogenated alkanes) is 1. The van der Waals surface area contributed by atoms with Crippen molar-refractivity contribution < 1.29 is 14.4 Å². The van der Waals surface area contributed by atoms with Crippen molar-refractivity contribution in [2.24, 2.45) is 11.6 Å². The first-order valence-electron chi connectivity index (χ1n) is 7.22. The molecule has 0 aromatic rings. The Hall–Kier alpha value is -1.03. The number of hydrogen-bond acceptors (Lipinski definition) is 7. The topological polar surface area (TPSA) is 123 Å². The van der Waals surface area contributed by atoms with Crippen LogP contribution in [0.25, 0.3) is 0 Å². The molecule has 0 spiro atoms. The lowest BCUT2D eigenvalue weighted by atomic mass is 10.0. The van der Waals surface area contributed by atoms with E-state index in [-0.39, 0.29) is 24.1 Å². The number of urea groups is 1. The number of fused-ring (bicyclic) bond motifs is 1. The molecule has 0 aromatic heterocycles. The van der Waals surface area contributed by atoms with Crippen molar-refractivity contribution in [3.05, 3.63) is 0 Å². The zero-order valence-electron chi connectivity index (χ0n) is 11.9. The van der Waals surface area contributed by atoms with Crippen LogP contribution >= 0.6 is 11.8 Å². The van der Waals surface area contributed by atoms with Gasteiger partial charge in [-0.05, 0) is 12.8 Å². The van der Waals surface area contributed by atoms with Crippen molar-refractivity contribution in [3.8, 4) is 0 Å². The second kappa shape index (κ2) is 7.83. The van der Waals surface area contributed by atoms with Crippen LogP contribution in [0.4, 0.5) is 4.79 Å². The second-order valence-electron chi connectivity index (χ2n) is 5.23. The quantitative estimate of drug-likeness (QED) is 0.153. The van der Waals surface area contributed by atoms with Gasteiger partial charge < -0.3 is 15.9 Å². The van der Waals surface area contributed by atoms with Gasteiger partial charge in [-0.25, -0.2) is 10.6 Å². The van der Waals surface area contributed by atoms with Gasteiger partial charge in [-0.15, -0.1) is 0 Å². The third kappa shape index (κ3) is 4.22. The third-order valence-electron chi connectivity index (χ3n) is 3.70. The van der Waals surface area contributed by atoms with Gasteiger partial charge in [-0.2, -0.15) is 17.2 Å². The van der Waals surface area contributed by atoms with E-state index in [1.165, 1.54) is 5.01 Å². The Kier molecular flexibility index (Phi) is 6.09. The molecule has 2 amide bonds. The van der Waals surface area contributed by atoms with Gasteiger partial charge in [-0.3, -0.25) is 9.80 Å². The Morgan fingerprint density at radius 1 is 1.52 bits per heavy atom. The SMILES string of the molecule is NCCNOC(=O)CCCC[C@H]1SC[C@H]2NC(=O)N(N)[C@H]21. The number of carbonyl (C=O) groups is 2. The molecule has 0 saturated carbocycles. The lowest BCUT2D eigenvalue weighted by molar-refractivity contribution is -0.151. The van der Waals surface area contributed by atoms with Crippen molar-refractivity contribution in [1.29, 1.82) is 0 Å². The van der Waals surface area contributed by atoms with Crippen LogP contribution in [0, 0.1) is 0 Å². The maximum Gasteiger partial charge on any atom is 0.332 e. The number of amides is 2. The number of hydroxylamine groups is 1. The molecule has 0 radical (unpaired) electrons. The number of carbonyl (C=O) groups excluding carboxylic acids is 2. The monoisotopic (exact) mass is 317 g/mol. The molecule has 21 heavy (non-hydrogen) atoms. The van der Waals surface area contributed by atoms with Crippen molar-refractivity contribution >= 4 is 23.8 Å². The van der Waals surface area contributed by atoms with E-state index < -0.39 is 0 Å². The lowest BCUT2D eigenvalue weighted by Gasteiger charge is -2.22. The molecule has 0 bridgehead atoms. The first-order valence-corrected chi connectivity index (χ1v) is 8.27. The molecule has 2 rings (SSSR count). The fourth-order valence-electron chi connectivity index (χ4n) is 2.66. The Balaban J connectivity index is 1.61. The third-order valence-corrected chi connectivity index (χ3v) is 5.19. The van der Waals surface area contributed by atoms with Gasteiger partial charge in [-0.1, -0.05) is 6.42 Å². The second-order valence-corrected chi connectivity index (χ2v) is 6.50. The van der Waals surface area contributed by atoms with Crippen molar-refractivity contribution in [1.82, 2.24) is 15.8 Å². The van der Waals surface area contributed by atoms with Crippen molar-refractivity contribution in [2.75, 3.05) is 18.8 Å². The smallest absolute Gasteiger partial charge is 0.332 e. The molecule has 6 N–H and O–H groups in total. The fraction of sp³-hybridized carbons (Fsp3) is 0.833. The molecule has 0 unspecified atom stereocenters. The number of hydrogen-bond donors (Lipinski definition) is 4. The summed E-state index contributed by atoms with van der Waals surface area (Å²) in [5.74, 6) is 6.43. The van der Waals surface area contributed by atoms with Crippen LogP contribution in [0.1, 0.15) is 25.7 Å². The molecule has 2 aliphatic rings. The summed E-state index contributed by atoms with van der Waals surface area (Å²) in [5, 5.41) is 4.54. The summed E-state index contributed by atoms with van der Waals surface area (Å²) in [6.45, 7) is 0.887. The van der Waals surface area contributed by atoms with E-state index >= 15 is 0 Å². The van der Waals surface area contributed by atoms with Gasteiger partial charge in [0.25, 0.3) is 0 Å². The van der Waals surface area contributed by atoms with Crippen LogP contribution in [-0.4, -0.2) is 53.2 Å². The summed E-state index contributed by atoms with van der Waals surface area (Å²) in [4.78, 5) is 27.7. The van der Waals surface area contributed by atoms with Gasteiger partial charge in [0.05, 0.1) is 12.1 Å². The highest BCUT2D eigenvalue weighted by molar-refractivity contribution is 8.00. The minimum atomic E-state index is -0.265. The van der Waals surface area contributed by atoms with Gasteiger partial charge >= 0.3 is 12.0 Å². The van der Waals surface area contributed by atoms with Gasteiger partial charge in [0.1, 0.15) is 0 Å². The molecular weight excluding hydrogens is 294 g/mol. The highest BCUT2D eigenvalue weighted by atomic mass is 32.2. The van der Waals surface area contributed by atoms with Gasteiger partial charge in [0.2, 0.25) is 0 Å².